The van der Waals surface area contributed by atoms with Gasteiger partial charge in [0.15, 0.2) is 11.6 Å². The molecule has 0 spiro atoms. The highest BCUT2D eigenvalue weighted by molar-refractivity contribution is 6.11. The lowest BCUT2D eigenvalue weighted by atomic mass is 9.87. The van der Waals surface area contributed by atoms with Gasteiger partial charge in [-0.1, -0.05) is 63.2 Å². The van der Waals surface area contributed by atoms with Gasteiger partial charge in [-0.15, -0.1) is 0 Å². The molecule has 0 atom stereocenters. The van der Waals surface area contributed by atoms with Crippen LogP contribution in [0.25, 0.3) is 12.2 Å². The summed E-state index contributed by atoms with van der Waals surface area (Å²) in [6, 6.07) is 20.9. The highest BCUT2D eigenvalue weighted by Crippen LogP contribution is 2.29. The molecule has 5 heteroatoms. The van der Waals surface area contributed by atoms with Crippen LogP contribution in [0, 0.1) is 0 Å². The number of carbonyl (C=O) groups is 2. The van der Waals surface area contributed by atoms with Crippen LogP contribution in [0.1, 0.15) is 63.3 Å². The first kappa shape index (κ1) is 29.4. The summed E-state index contributed by atoms with van der Waals surface area (Å²) in [6.07, 6.45) is 5.94. The molecule has 204 valence electrons. The molecule has 0 saturated heterocycles. The molecular formula is C34H39NO4. The highest BCUT2D eigenvalue weighted by atomic mass is 16.5. The minimum absolute atomic E-state index is 0.0880. The number of phenols is 1. The van der Waals surface area contributed by atoms with Crippen LogP contribution in [-0.4, -0.2) is 29.8 Å². The van der Waals surface area contributed by atoms with Gasteiger partial charge >= 0.3 is 0 Å². The summed E-state index contributed by atoms with van der Waals surface area (Å²) in [6.45, 7) is 12.9. The van der Waals surface area contributed by atoms with Gasteiger partial charge in [0.1, 0.15) is 18.1 Å². The van der Waals surface area contributed by atoms with E-state index in [2.05, 4.69) is 63.8 Å². The van der Waals surface area contributed by atoms with Gasteiger partial charge in [0.25, 0.3) is 0 Å². The number of anilines is 1. The molecule has 1 N–H and O–H groups in total. The number of carbonyl (C=O) groups excluding carboxylic acids is 2. The van der Waals surface area contributed by atoms with E-state index >= 15 is 0 Å². The Labute approximate surface area is 232 Å². The highest BCUT2D eigenvalue weighted by Gasteiger charge is 2.13. The fraction of sp³-hybridized carbons (Fsp3) is 0.294. The largest absolute Gasteiger partial charge is 0.508 e. The Morgan fingerprint density at radius 2 is 1.46 bits per heavy atom. The van der Waals surface area contributed by atoms with Gasteiger partial charge in [0.05, 0.1) is 6.42 Å². The van der Waals surface area contributed by atoms with E-state index < -0.39 is 0 Å². The normalized spacial score (nSPS) is 11.7. The first-order valence-corrected chi connectivity index (χ1v) is 13.4. The first-order valence-electron chi connectivity index (χ1n) is 13.4. The van der Waals surface area contributed by atoms with Crippen molar-refractivity contribution in [3.63, 3.8) is 0 Å². The number of hydrogen-bond acceptors (Lipinski definition) is 5. The lowest BCUT2D eigenvalue weighted by Gasteiger charge is -2.22. The summed E-state index contributed by atoms with van der Waals surface area (Å²) in [5.74, 6) is 0.268. The Morgan fingerprint density at radius 3 is 2.05 bits per heavy atom. The molecule has 0 aliphatic rings. The van der Waals surface area contributed by atoms with Gasteiger partial charge in [0.2, 0.25) is 0 Å². The Balaban J connectivity index is 1.72. The maximum Gasteiger partial charge on any atom is 0.163 e. The molecule has 0 radical (unpaired) electrons. The maximum absolute atomic E-state index is 12.5. The van der Waals surface area contributed by atoms with Gasteiger partial charge in [-0.3, -0.25) is 9.59 Å². The van der Waals surface area contributed by atoms with Crippen molar-refractivity contribution in [1.82, 2.24) is 0 Å². The lowest BCUT2D eigenvalue weighted by molar-refractivity contribution is -0.121. The van der Waals surface area contributed by atoms with Crippen LogP contribution in [0.15, 0.2) is 78.9 Å². The van der Waals surface area contributed by atoms with Crippen LogP contribution >= 0.6 is 0 Å². The van der Waals surface area contributed by atoms with E-state index in [-0.39, 0.29) is 29.2 Å². The molecule has 0 aliphatic heterocycles. The molecule has 0 saturated carbocycles. The summed E-state index contributed by atoms with van der Waals surface area (Å²) in [7, 11) is 0. The van der Waals surface area contributed by atoms with Crippen LogP contribution < -0.4 is 9.64 Å². The molecule has 3 aromatic carbocycles. The van der Waals surface area contributed by atoms with E-state index in [1.54, 1.807) is 36.4 Å². The average Bonchev–Trinajstić information content (AvgIpc) is 2.91. The molecule has 0 aromatic heterocycles. The van der Waals surface area contributed by atoms with Gasteiger partial charge in [0, 0.05) is 30.4 Å². The molecule has 0 aliphatic carbocycles. The number of benzene rings is 3. The van der Waals surface area contributed by atoms with Crippen molar-refractivity contribution < 1.29 is 19.4 Å². The lowest BCUT2D eigenvalue weighted by Crippen LogP contribution is -2.21. The van der Waals surface area contributed by atoms with Gasteiger partial charge in [-0.05, 0) is 78.4 Å². The van der Waals surface area contributed by atoms with Crippen LogP contribution in [0.3, 0.4) is 0 Å². The van der Waals surface area contributed by atoms with Gasteiger partial charge < -0.3 is 14.7 Å². The summed E-state index contributed by atoms with van der Waals surface area (Å²) < 4.78 is 6.25. The van der Waals surface area contributed by atoms with E-state index in [9.17, 15) is 14.7 Å². The average molecular weight is 526 g/mol. The zero-order valence-electron chi connectivity index (χ0n) is 23.6. The summed E-state index contributed by atoms with van der Waals surface area (Å²) in [4.78, 5) is 27.1. The van der Waals surface area contributed by atoms with Crippen molar-refractivity contribution in [2.24, 2.45) is 0 Å². The van der Waals surface area contributed by atoms with Crippen molar-refractivity contribution in [3.05, 3.63) is 101 Å². The van der Waals surface area contributed by atoms with E-state index in [1.165, 1.54) is 17.7 Å². The summed E-state index contributed by atoms with van der Waals surface area (Å²) >= 11 is 0. The molecule has 0 fully saturated rings. The number of aromatic hydroxyl groups is 1. The van der Waals surface area contributed by atoms with Crippen LogP contribution in [0.5, 0.6) is 11.5 Å². The number of rotatable bonds is 12. The monoisotopic (exact) mass is 525 g/mol. The van der Waals surface area contributed by atoms with E-state index in [0.29, 0.717) is 12.4 Å². The Kier molecular flexibility index (Phi) is 10.3. The van der Waals surface area contributed by atoms with Crippen molar-refractivity contribution in [2.75, 3.05) is 18.0 Å². The van der Waals surface area contributed by atoms with Gasteiger partial charge in [-0.2, -0.15) is 0 Å². The fourth-order valence-corrected chi connectivity index (χ4v) is 4.08. The third-order valence-corrected chi connectivity index (χ3v) is 6.49. The standard InChI is InChI=1S/C34H39NO4/c1-6-35(7-2)29-17-13-27(33(22-29)39-24-26-8-15-28(16-9-26)34(3,4)5)14-21-32(38)23-31(37)20-12-25-10-18-30(36)19-11-25/h8-22,36H,6-7,23-24H2,1-5H3/b20-12+,21-14+. The molecular weight excluding hydrogens is 486 g/mol. The topological polar surface area (TPSA) is 66.8 Å². The predicted molar refractivity (Wildman–Crippen MR) is 160 cm³/mol. The number of ether oxygens (including phenoxy) is 1. The zero-order valence-corrected chi connectivity index (χ0v) is 23.6. The van der Waals surface area contributed by atoms with Crippen molar-refractivity contribution in [1.29, 1.82) is 0 Å². The third kappa shape index (κ3) is 8.99. The van der Waals surface area contributed by atoms with Crippen molar-refractivity contribution in [3.8, 4) is 11.5 Å². The second-order valence-corrected chi connectivity index (χ2v) is 10.5. The Morgan fingerprint density at radius 1 is 0.846 bits per heavy atom. The SMILES string of the molecule is CCN(CC)c1ccc(/C=C/C(=O)CC(=O)/C=C/c2ccc(O)cc2)c(OCc2ccc(C(C)(C)C)cc2)c1. The van der Waals surface area contributed by atoms with Crippen LogP contribution in [0.2, 0.25) is 0 Å². The molecule has 0 unspecified atom stereocenters. The van der Waals surface area contributed by atoms with E-state index in [0.717, 1.165) is 35.5 Å². The molecule has 0 bridgehead atoms. The fourth-order valence-electron chi connectivity index (χ4n) is 4.08. The minimum atomic E-state index is -0.287. The van der Waals surface area contributed by atoms with Crippen molar-refractivity contribution >= 4 is 29.4 Å². The van der Waals surface area contributed by atoms with E-state index in [1.807, 2.05) is 18.2 Å². The van der Waals surface area contributed by atoms with E-state index in [4.69, 9.17) is 4.74 Å². The number of nitrogens with zero attached hydrogens (tertiary/aromatic N) is 1. The number of phenolic OH excluding ortho intramolecular Hbond substituents is 1. The minimum Gasteiger partial charge on any atom is -0.508 e. The summed E-state index contributed by atoms with van der Waals surface area (Å²) in [5.41, 5.74) is 5.02. The zero-order chi connectivity index (χ0) is 28.4. The van der Waals surface area contributed by atoms with Crippen LogP contribution in [0.4, 0.5) is 5.69 Å². The first-order chi connectivity index (χ1) is 18.6. The third-order valence-electron chi connectivity index (χ3n) is 6.49. The maximum atomic E-state index is 12.5. The van der Waals surface area contributed by atoms with Crippen LogP contribution in [-0.2, 0) is 21.6 Å². The smallest absolute Gasteiger partial charge is 0.163 e. The Bertz CT molecular complexity index is 1310. The second kappa shape index (κ2) is 13.6. The van der Waals surface area contributed by atoms with Crippen molar-refractivity contribution in [2.45, 2.75) is 53.1 Å². The number of allylic oxidation sites excluding steroid dienone is 2. The predicted octanol–water partition coefficient (Wildman–Crippen LogP) is 7.37. The number of hydrogen-bond donors (Lipinski definition) is 1. The quantitative estimate of drug-likeness (QED) is 0.198. The molecule has 0 heterocycles. The molecule has 3 rings (SSSR count). The molecule has 5 nitrogen and oxygen atoms in total. The molecule has 0 amide bonds. The molecule has 3 aromatic rings. The van der Waals surface area contributed by atoms with Gasteiger partial charge in [-0.25, -0.2) is 0 Å². The second-order valence-electron chi connectivity index (χ2n) is 10.5. The summed E-state index contributed by atoms with van der Waals surface area (Å²) in [5, 5.41) is 9.37. The molecule has 39 heavy (non-hydrogen) atoms. The number of ketones is 2. The Hall–Kier alpha value is -4.12.